The van der Waals surface area contributed by atoms with Crippen molar-refractivity contribution >= 4 is 15.9 Å². The van der Waals surface area contributed by atoms with Crippen LogP contribution in [0, 0.1) is 0 Å². The van der Waals surface area contributed by atoms with Crippen molar-refractivity contribution in [3.63, 3.8) is 0 Å². The van der Waals surface area contributed by atoms with Crippen LogP contribution in [-0.2, 0) is 9.47 Å². The van der Waals surface area contributed by atoms with Gasteiger partial charge in [0.1, 0.15) is 0 Å². The molecule has 1 heterocycles. The molecule has 3 heteroatoms. The van der Waals surface area contributed by atoms with Gasteiger partial charge in [-0.05, 0) is 11.4 Å². The van der Waals surface area contributed by atoms with Crippen LogP contribution in [0.3, 0.4) is 0 Å². The van der Waals surface area contributed by atoms with E-state index >= 15 is 0 Å². The maximum absolute atomic E-state index is 5.28. The summed E-state index contributed by atoms with van der Waals surface area (Å²) in [5.74, 6) is 0. The third-order valence-electron chi connectivity index (χ3n) is 1.58. The Hall–Kier alpha value is -0.120. The predicted molar refractivity (Wildman–Crippen MR) is 52.1 cm³/mol. The monoisotopic (exact) mass is 232 g/mol. The Kier molecular flexibility index (Phi) is 5.32. The number of halogens is 1. The smallest absolute Gasteiger partial charge is 0.158 e. The fourth-order valence-corrected chi connectivity index (χ4v) is 1.20. The molecule has 12 heavy (non-hydrogen) atoms. The Balaban J connectivity index is 2.01. The van der Waals surface area contributed by atoms with Crippen LogP contribution in [0.4, 0.5) is 0 Å². The third-order valence-corrected chi connectivity index (χ3v) is 1.89. The summed E-state index contributed by atoms with van der Waals surface area (Å²) in [6, 6.07) is 0. The van der Waals surface area contributed by atoms with Gasteiger partial charge in [0, 0.05) is 6.42 Å². The molecule has 0 amide bonds. The van der Waals surface area contributed by atoms with Crippen LogP contribution in [0.15, 0.2) is 23.2 Å². The molecule has 1 aliphatic heterocycles. The number of ether oxygens (including phenoxy) is 2. The van der Waals surface area contributed by atoms with Crippen molar-refractivity contribution in [2.45, 2.75) is 19.1 Å². The fourth-order valence-electron chi connectivity index (χ4n) is 1.02. The van der Waals surface area contributed by atoms with Gasteiger partial charge in [-0.2, -0.15) is 0 Å². The molecule has 0 unspecified atom stereocenters. The zero-order valence-corrected chi connectivity index (χ0v) is 8.50. The van der Waals surface area contributed by atoms with Gasteiger partial charge in [0.25, 0.3) is 0 Å². The molecular weight excluding hydrogens is 220 g/mol. The number of allylic oxidation sites excluding steroid dienone is 3. The van der Waals surface area contributed by atoms with Crippen LogP contribution >= 0.6 is 15.9 Å². The second-order valence-corrected chi connectivity index (χ2v) is 3.02. The van der Waals surface area contributed by atoms with Crippen LogP contribution < -0.4 is 0 Å². The van der Waals surface area contributed by atoms with Crippen molar-refractivity contribution in [1.29, 1.82) is 0 Å². The minimum Gasteiger partial charge on any atom is -0.350 e. The summed E-state index contributed by atoms with van der Waals surface area (Å²) in [6.07, 6.45) is 8.03. The van der Waals surface area contributed by atoms with Gasteiger partial charge in [0.2, 0.25) is 0 Å². The second-order valence-electron chi connectivity index (χ2n) is 2.50. The van der Waals surface area contributed by atoms with E-state index in [0.29, 0.717) is 0 Å². The molecule has 0 saturated carbocycles. The van der Waals surface area contributed by atoms with E-state index in [0.717, 1.165) is 26.1 Å². The molecule has 0 atom stereocenters. The van der Waals surface area contributed by atoms with Crippen molar-refractivity contribution in [2.75, 3.05) is 13.2 Å². The number of rotatable bonds is 4. The Bertz CT molecular complexity index is 160. The van der Waals surface area contributed by atoms with Gasteiger partial charge in [-0.3, -0.25) is 0 Å². The standard InChI is InChI=1S/C9H13BrO2/c10-6-4-2-1-3-5-9-11-7-8-12-9/h1-2,4,6,9H,3,5,7-8H2/b2-1-,6-4+. The van der Waals surface area contributed by atoms with Gasteiger partial charge in [-0.25, -0.2) is 0 Å². The maximum atomic E-state index is 5.28. The Morgan fingerprint density at radius 1 is 1.25 bits per heavy atom. The maximum Gasteiger partial charge on any atom is 0.158 e. The van der Waals surface area contributed by atoms with E-state index in [2.05, 4.69) is 22.0 Å². The SMILES string of the molecule is Br/C=C/C=C\CCC1OCCO1. The zero-order chi connectivity index (χ0) is 8.65. The third kappa shape index (κ3) is 4.04. The fraction of sp³-hybridized carbons (Fsp3) is 0.556. The lowest BCUT2D eigenvalue weighted by Gasteiger charge is -2.05. The van der Waals surface area contributed by atoms with Crippen molar-refractivity contribution < 1.29 is 9.47 Å². The molecule has 1 aliphatic rings. The van der Waals surface area contributed by atoms with E-state index in [1.54, 1.807) is 0 Å². The molecule has 0 bridgehead atoms. The van der Waals surface area contributed by atoms with Crippen LogP contribution in [0.2, 0.25) is 0 Å². The van der Waals surface area contributed by atoms with Crippen molar-refractivity contribution in [3.05, 3.63) is 23.2 Å². The van der Waals surface area contributed by atoms with Gasteiger partial charge < -0.3 is 9.47 Å². The molecule has 1 fully saturated rings. The summed E-state index contributed by atoms with van der Waals surface area (Å²) >= 11 is 3.19. The highest BCUT2D eigenvalue weighted by molar-refractivity contribution is 9.11. The van der Waals surface area contributed by atoms with Crippen LogP contribution in [0.1, 0.15) is 12.8 Å². The van der Waals surface area contributed by atoms with Crippen molar-refractivity contribution in [3.8, 4) is 0 Å². The summed E-state index contributed by atoms with van der Waals surface area (Å²) < 4.78 is 10.6. The van der Waals surface area contributed by atoms with E-state index < -0.39 is 0 Å². The highest BCUT2D eigenvalue weighted by Crippen LogP contribution is 2.10. The summed E-state index contributed by atoms with van der Waals surface area (Å²) in [5, 5.41) is 0. The molecule has 0 spiro atoms. The first kappa shape index (κ1) is 9.96. The molecule has 2 nitrogen and oxygen atoms in total. The van der Waals surface area contributed by atoms with E-state index in [9.17, 15) is 0 Å². The lowest BCUT2D eigenvalue weighted by molar-refractivity contribution is -0.0457. The van der Waals surface area contributed by atoms with E-state index in [1.165, 1.54) is 0 Å². The summed E-state index contributed by atoms with van der Waals surface area (Å²) in [4.78, 5) is 1.83. The first-order valence-electron chi connectivity index (χ1n) is 4.08. The first-order valence-corrected chi connectivity index (χ1v) is 5.00. The molecule has 0 N–H and O–H groups in total. The molecule has 0 aromatic rings. The molecular formula is C9H13BrO2. The molecule has 68 valence electrons. The van der Waals surface area contributed by atoms with Gasteiger partial charge in [0.15, 0.2) is 6.29 Å². The Morgan fingerprint density at radius 3 is 2.67 bits per heavy atom. The summed E-state index contributed by atoms with van der Waals surface area (Å²) in [6.45, 7) is 1.49. The molecule has 1 saturated heterocycles. The predicted octanol–water partition coefficient (Wildman–Crippen LogP) is 2.60. The minimum absolute atomic E-state index is 0.0302. The minimum atomic E-state index is 0.0302. The Morgan fingerprint density at radius 2 is 2.00 bits per heavy atom. The topological polar surface area (TPSA) is 18.5 Å². The van der Waals surface area contributed by atoms with E-state index in [-0.39, 0.29) is 6.29 Å². The van der Waals surface area contributed by atoms with Crippen molar-refractivity contribution in [1.82, 2.24) is 0 Å². The highest BCUT2D eigenvalue weighted by atomic mass is 79.9. The molecule has 0 radical (unpaired) electrons. The number of hydrogen-bond donors (Lipinski definition) is 0. The van der Waals surface area contributed by atoms with E-state index in [1.807, 2.05) is 17.1 Å². The van der Waals surface area contributed by atoms with Crippen LogP contribution in [0.5, 0.6) is 0 Å². The average molecular weight is 233 g/mol. The lowest BCUT2D eigenvalue weighted by atomic mass is 10.3. The normalized spacial score (nSPS) is 20.1. The van der Waals surface area contributed by atoms with Crippen molar-refractivity contribution in [2.24, 2.45) is 0 Å². The van der Waals surface area contributed by atoms with Gasteiger partial charge in [0.05, 0.1) is 13.2 Å². The van der Waals surface area contributed by atoms with Crippen LogP contribution in [-0.4, -0.2) is 19.5 Å². The van der Waals surface area contributed by atoms with Crippen LogP contribution in [0.25, 0.3) is 0 Å². The largest absolute Gasteiger partial charge is 0.350 e. The highest BCUT2D eigenvalue weighted by Gasteiger charge is 2.13. The second kappa shape index (κ2) is 6.40. The lowest BCUT2D eigenvalue weighted by Crippen LogP contribution is -2.05. The zero-order valence-electron chi connectivity index (χ0n) is 6.91. The molecule has 0 aliphatic carbocycles. The van der Waals surface area contributed by atoms with Gasteiger partial charge in [-0.15, -0.1) is 0 Å². The Labute approximate surface area is 81.4 Å². The van der Waals surface area contributed by atoms with Gasteiger partial charge >= 0.3 is 0 Å². The average Bonchev–Trinajstić information content (AvgIpc) is 2.57. The van der Waals surface area contributed by atoms with E-state index in [4.69, 9.17) is 9.47 Å². The quantitative estimate of drug-likeness (QED) is 0.695. The molecule has 1 rings (SSSR count). The summed E-state index contributed by atoms with van der Waals surface area (Å²) in [7, 11) is 0. The first-order chi connectivity index (χ1) is 5.93. The molecule has 0 aromatic heterocycles. The van der Waals surface area contributed by atoms with Gasteiger partial charge in [-0.1, -0.05) is 34.2 Å². The molecule has 0 aromatic carbocycles. The summed E-state index contributed by atoms with van der Waals surface area (Å²) in [5.41, 5.74) is 0. The number of hydrogen-bond acceptors (Lipinski definition) is 2.